The van der Waals surface area contributed by atoms with Crippen LogP contribution in [0.1, 0.15) is 18.1 Å². The van der Waals surface area contributed by atoms with E-state index in [-0.39, 0.29) is 12.6 Å². The standard InChI is InChI=1S/C12H18N2O3S/c1-2-9-10(12(13)14-15)4-3-5-11(9)17-8-16-6-7-18/h3-5,15,18H,2,6-8H2,1H3,(H2,13,14). The van der Waals surface area contributed by atoms with Gasteiger partial charge in [-0.3, -0.25) is 0 Å². The fourth-order valence-corrected chi connectivity index (χ4v) is 1.72. The highest BCUT2D eigenvalue weighted by atomic mass is 32.1. The van der Waals surface area contributed by atoms with Crippen LogP contribution >= 0.6 is 12.6 Å². The van der Waals surface area contributed by atoms with Gasteiger partial charge in [0, 0.05) is 16.9 Å². The Hall–Kier alpha value is -1.40. The maximum atomic E-state index is 8.73. The number of hydrogen-bond acceptors (Lipinski definition) is 5. The van der Waals surface area contributed by atoms with Gasteiger partial charge in [-0.25, -0.2) is 0 Å². The second kappa shape index (κ2) is 7.84. The third-order valence-electron chi connectivity index (χ3n) is 2.40. The Balaban J connectivity index is 2.84. The van der Waals surface area contributed by atoms with Gasteiger partial charge in [0.25, 0.3) is 0 Å². The molecule has 100 valence electrons. The highest BCUT2D eigenvalue weighted by Crippen LogP contribution is 2.23. The monoisotopic (exact) mass is 270 g/mol. The molecule has 3 N–H and O–H groups in total. The minimum Gasteiger partial charge on any atom is -0.467 e. The van der Waals surface area contributed by atoms with Gasteiger partial charge >= 0.3 is 0 Å². The molecule has 0 aliphatic rings. The number of amidine groups is 1. The number of rotatable bonds is 7. The normalized spacial score (nSPS) is 11.6. The Morgan fingerprint density at radius 3 is 2.89 bits per heavy atom. The molecule has 6 heteroatoms. The third-order valence-corrected chi connectivity index (χ3v) is 2.59. The minimum atomic E-state index is 0.0774. The van der Waals surface area contributed by atoms with Crippen molar-refractivity contribution in [2.75, 3.05) is 19.2 Å². The van der Waals surface area contributed by atoms with E-state index in [1.807, 2.05) is 13.0 Å². The van der Waals surface area contributed by atoms with E-state index >= 15 is 0 Å². The molecule has 0 radical (unpaired) electrons. The topological polar surface area (TPSA) is 77.1 Å². The van der Waals surface area contributed by atoms with Crippen LogP contribution in [0.15, 0.2) is 23.4 Å². The van der Waals surface area contributed by atoms with Gasteiger partial charge in [0.2, 0.25) is 0 Å². The number of hydrogen-bond donors (Lipinski definition) is 3. The van der Waals surface area contributed by atoms with E-state index in [9.17, 15) is 0 Å². The summed E-state index contributed by atoms with van der Waals surface area (Å²) in [6.07, 6.45) is 0.717. The summed E-state index contributed by atoms with van der Waals surface area (Å²) < 4.78 is 10.7. The van der Waals surface area contributed by atoms with Crippen molar-refractivity contribution in [1.82, 2.24) is 0 Å². The van der Waals surface area contributed by atoms with Gasteiger partial charge < -0.3 is 20.4 Å². The zero-order valence-corrected chi connectivity index (χ0v) is 11.2. The fraction of sp³-hybridized carbons (Fsp3) is 0.417. The summed E-state index contributed by atoms with van der Waals surface area (Å²) in [6, 6.07) is 5.41. The molecule has 0 unspecified atom stereocenters. The summed E-state index contributed by atoms with van der Waals surface area (Å²) >= 11 is 4.03. The largest absolute Gasteiger partial charge is 0.467 e. The lowest BCUT2D eigenvalue weighted by atomic mass is 10.0. The van der Waals surface area contributed by atoms with Crippen molar-refractivity contribution in [3.8, 4) is 5.75 Å². The second-order valence-electron chi connectivity index (χ2n) is 3.52. The van der Waals surface area contributed by atoms with Crippen LogP contribution in [0.5, 0.6) is 5.75 Å². The lowest BCUT2D eigenvalue weighted by molar-refractivity contribution is 0.0233. The first-order chi connectivity index (χ1) is 8.74. The number of nitrogens with two attached hydrogens (primary N) is 1. The van der Waals surface area contributed by atoms with Crippen molar-refractivity contribution in [2.24, 2.45) is 10.9 Å². The molecule has 1 rings (SSSR count). The van der Waals surface area contributed by atoms with Crippen molar-refractivity contribution in [1.29, 1.82) is 0 Å². The molecule has 0 fully saturated rings. The van der Waals surface area contributed by atoms with Crippen molar-refractivity contribution in [3.05, 3.63) is 29.3 Å². The van der Waals surface area contributed by atoms with Gasteiger partial charge in [0.1, 0.15) is 5.75 Å². The summed E-state index contributed by atoms with van der Waals surface area (Å²) in [6.45, 7) is 2.67. The molecule has 0 aliphatic carbocycles. The summed E-state index contributed by atoms with van der Waals surface area (Å²) in [4.78, 5) is 0. The first-order valence-electron chi connectivity index (χ1n) is 5.65. The van der Waals surface area contributed by atoms with Gasteiger partial charge in [-0.05, 0) is 12.5 Å². The Morgan fingerprint density at radius 2 is 2.28 bits per heavy atom. The van der Waals surface area contributed by atoms with Gasteiger partial charge in [-0.1, -0.05) is 24.2 Å². The molecule has 0 bridgehead atoms. The molecule has 1 aromatic rings. The number of benzene rings is 1. The van der Waals surface area contributed by atoms with Gasteiger partial charge in [0.15, 0.2) is 12.6 Å². The lowest BCUT2D eigenvalue weighted by Gasteiger charge is -2.13. The first-order valence-corrected chi connectivity index (χ1v) is 6.29. The quantitative estimate of drug-likeness (QED) is 0.134. The zero-order valence-electron chi connectivity index (χ0n) is 10.3. The molecule has 0 saturated heterocycles. The van der Waals surface area contributed by atoms with E-state index in [4.69, 9.17) is 20.4 Å². The number of ether oxygens (including phenoxy) is 2. The molecular formula is C12H18N2O3S. The van der Waals surface area contributed by atoms with Crippen LogP contribution in [0.25, 0.3) is 0 Å². The highest BCUT2D eigenvalue weighted by Gasteiger charge is 2.11. The van der Waals surface area contributed by atoms with Gasteiger partial charge in [-0.15, -0.1) is 0 Å². The van der Waals surface area contributed by atoms with Crippen molar-refractivity contribution in [2.45, 2.75) is 13.3 Å². The molecule has 5 nitrogen and oxygen atoms in total. The predicted molar refractivity (Wildman–Crippen MR) is 73.6 cm³/mol. The smallest absolute Gasteiger partial charge is 0.189 e. The third kappa shape index (κ3) is 3.82. The number of oxime groups is 1. The molecular weight excluding hydrogens is 252 g/mol. The van der Waals surface area contributed by atoms with E-state index in [2.05, 4.69) is 17.8 Å². The highest BCUT2D eigenvalue weighted by molar-refractivity contribution is 7.80. The molecule has 0 atom stereocenters. The van der Waals surface area contributed by atoms with Crippen molar-refractivity contribution >= 4 is 18.5 Å². The Morgan fingerprint density at radius 1 is 1.50 bits per heavy atom. The van der Waals surface area contributed by atoms with Crippen LogP contribution in [0.2, 0.25) is 0 Å². The molecule has 0 aliphatic heterocycles. The van der Waals surface area contributed by atoms with E-state index in [0.29, 0.717) is 30.1 Å². The van der Waals surface area contributed by atoms with Crippen molar-refractivity contribution < 1.29 is 14.7 Å². The lowest BCUT2D eigenvalue weighted by Crippen LogP contribution is -2.16. The molecule has 0 spiro atoms. The van der Waals surface area contributed by atoms with E-state index in [0.717, 1.165) is 5.56 Å². The SMILES string of the molecule is CCc1c(OCOCCS)cccc1/C(N)=N/O. The summed E-state index contributed by atoms with van der Waals surface area (Å²) in [5.74, 6) is 1.41. The van der Waals surface area contributed by atoms with E-state index in [1.165, 1.54) is 0 Å². The van der Waals surface area contributed by atoms with Crippen LogP contribution < -0.4 is 10.5 Å². The molecule has 0 aromatic heterocycles. The summed E-state index contributed by atoms with van der Waals surface area (Å²) in [5.41, 5.74) is 7.18. The number of nitrogens with zero attached hydrogens (tertiary/aromatic N) is 1. The van der Waals surface area contributed by atoms with E-state index < -0.39 is 0 Å². The van der Waals surface area contributed by atoms with Gasteiger partial charge in [0.05, 0.1) is 6.61 Å². The Labute approximate surface area is 112 Å². The maximum absolute atomic E-state index is 8.73. The summed E-state index contributed by atoms with van der Waals surface area (Å²) in [7, 11) is 0. The Bertz CT molecular complexity index is 410. The Kier molecular flexibility index (Phi) is 6.38. The first kappa shape index (κ1) is 14.7. The number of thiol groups is 1. The second-order valence-corrected chi connectivity index (χ2v) is 3.96. The van der Waals surface area contributed by atoms with Gasteiger partial charge in [-0.2, -0.15) is 12.6 Å². The average molecular weight is 270 g/mol. The minimum absolute atomic E-state index is 0.0774. The molecule has 0 saturated carbocycles. The van der Waals surface area contributed by atoms with Crippen LogP contribution in [0.4, 0.5) is 0 Å². The fourth-order valence-electron chi connectivity index (χ4n) is 1.59. The van der Waals surface area contributed by atoms with Crippen molar-refractivity contribution in [3.63, 3.8) is 0 Å². The summed E-state index contributed by atoms with van der Waals surface area (Å²) in [5, 5.41) is 11.7. The van der Waals surface area contributed by atoms with Crippen LogP contribution in [-0.4, -0.2) is 30.2 Å². The van der Waals surface area contributed by atoms with E-state index in [1.54, 1.807) is 12.1 Å². The maximum Gasteiger partial charge on any atom is 0.189 e. The van der Waals surface area contributed by atoms with Crippen LogP contribution in [0, 0.1) is 0 Å². The van der Waals surface area contributed by atoms with Crippen LogP contribution in [0.3, 0.4) is 0 Å². The van der Waals surface area contributed by atoms with Crippen LogP contribution in [-0.2, 0) is 11.2 Å². The average Bonchev–Trinajstić information content (AvgIpc) is 2.42. The molecule has 1 aromatic carbocycles. The molecule has 0 amide bonds. The predicted octanol–water partition coefficient (Wildman–Crippen LogP) is 1.63. The zero-order chi connectivity index (χ0) is 13.4. The molecule has 0 heterocycles. The molecule has 18 heavy (non-hydrogen) atoms.